The van der Waals surface area contributed by atoms with Crippen molar-refractivity contribution in [2.75, 3.05) is 0 Å². The zero-order valence-electron chi connectivity index (χ0n) is 17.4. The summed E-state index contributed by atoms with van der Waals surface area (Å²) in [4.78, 5) is 0. The van der Waals surface area contributed by atoms with E-state index in [2.05, 4.69) is 100 Å². The van der Waals surface area contributed by atoms with Crippen molar-refractivity contribution < 1.29 is 0 Å². The highest BCUT2D eigenvalue weighted by Gasteiger charge is 2.52. The van der Waals surface area contributed by atoms with Crippen molar-refractivity contribution in [3.63, 3.8) is 0 Å². The van der Waals surface area contributed by atoms with Gasteiger partial charge in [-0.15, -0.1) is 0 Å². The summed E-state index contributed by atoms with van der Waals surface area (Å²) in [5.74, 6) is 0. The van der Waals surface area contributed by atoms with Gasteiger partial charge in [0.2, 0.25) is 0 Å². The minimum atomic E-state index is -0.217. The summed E-state index contributed by atoms with van der Waals surface area (Å²) in [5, 5.41) is 0. The SMILES string of the molecule is Cc1ccc2c(c1)C1(c3cc(C)ccc3-2)c2ccccc2-c2c(C)cc(C)cc21. The molecule has 0 heterocycles. The molecule has 0 unspecified atom stereocenters. The maximum atomic E-state index is 2.44. The lowest BCUT2D eigenvalue weighted by Gasteiger charge is -2.31. The normalized spacial score (nSPS) is 14.5. The average molecular weight is 373 g/mol. The van der Waals surface area contributed by atoms with Crippen molar-refractivity contribution in [2.24, 2.45) is 0 Å². The van der Waals surface area contributed by atoms with Gasteiger partial charge in [0.15, 0.2) is 0 Å². The molecule has 29 heavy (non-hydrogen) atoms. The number of fused-ring (bicyclic) bond motifs is 10. The molecular formula is C29H24. The molecule has 0 bridgehead atoms. The number of aryl methyl sites for hydroxylation is 4. The fourth-order valence-electron chi connectivity index (χ4n) is 5.93. The van der Waals surface area contributed by atoms with Crippen molar-refractivity contribution >= 4 is 0 Å². The van der Waals surface area contributed by atoms with E-state index >= 15 is 0 Å². The van der Waals surface area contributed by atoms with Gasteiger partial charge in [0, 0.05) is 0 Å². The minimum absolute atomic E-state index is 0.217. The maximum Gasteiger partial charge on any atom is 0.0725 e. The van der Waals surface area contributed by atoms with Gasteiger partial charge < -0.3 is 0 Å². The standard InChI is InChI=1S/C29H24/c1-17-9-11-21-22-12-10-18(2)15-26(22)29(25(21)14-17)24-8-6-5-7-23(24)28-20(4)13-19(3)16-27(28)29/h5-16H,1-4H3. The molecule has 0 saturated carbocycles. The molecule has 4 aromatic carbocycles. The van der Waals surface area contributed by atoms with Crippen LogP contribution in [0.2, 0.25) is 0 Å². The van der Waals surface area contributed by atoms with E-state index in [1.54, 1.807) is 0 Å². The molecule has 0 nitrogen and oxygen atoms in total. The monoisotopic (exact) mass is 372 g/mol. The first kappa shape index (κ1) is 16.8. The summed E-state index contributed by atoms with van der Waals surface area (Å²) >= 11 is 0. The van der Waals surface area contributed by atoms with E-state index in [9.17, 15) is 0 Å². The zero-order chi connectivity index (χ0) is 19.9. The first-order chi connectivity index (χ1) is 14.0. The first-order valence-electron chi connectivity index (χ1n) is 10.5. The Morgan fingerprint density at radius 2 is 1.07 bits per heavy atom. The zero-order valence-corrected chi connectivity index (χ0v) is 17.4. The Kier molecular flexibility index (Phi) is 3.17. The molecule has 0 saturated heterocycles. The molecule has 0 N–H and O–H groups in total. The van der Waals surface area contributed by atoms with Crippen LogP contribution in [0, 0.1) is 27.7 Å². The van der Waals surface area contributed by atoms with Gasteiger partial charge in [0.25, 0.3) is 0 Å². The molecule has 0 aromatic heterocycles. The molecule has 0 fully saturated rings. The molecule has 4 aromatic rings. The Balaban J connectivity index is 1.89. The fourth-order valence-corrected chi connectivity index (χ4v) is 5.93. The average Bonchev–Trinajstić information content (AvgIpc) is 3.14. The highest BCUT2D eigenvalue weighted by molar-refractivity contribution is 5.96. The number of benzene rings is 4. The fraction of sp³-hybridized carbons (Fsp3) is 0.172. The van der Waals surface area contributed by atoms with E-state index < -0.39 is 0 Å². The van der Waals surface area contributed by atoms with Crippen molar-refractivity contribution in [2.45, 2.75) is 33.1 Å². The van der Waals surface area contributed by atoms with E-state index in [-0.39, 0.29) is 5.41 Å². The Bertz CT molecular complexity index is 1280. The van der Waals surface area contributed by atoms with Crippen LogP contribution in [0.15, 0.2) is 72.8 Å². The Labute approximate surface area is 172 Å². The number of hydrogen-bond donors (Lipinski definition) is 0. The molecule has 140 valence electrons. The second kappa shape index (κ2) is 5.48. The third-order valence-corrected chi connectivity index (χ3v) is 6.93. The minimum Gasteiger partial charge on any atom is -0.0619 e. The van der Waals surface area contributed by atoms with E-state index in [0.29, 0.717) is 0 Å². The van der Waals surface area contributed by atoms with Gasteiger partial charge in [0.05, 0.1) is 5.41 Å². The lowest BCUT2D eigenvalue weighted by molar-refractivity contribution is 0.790. The van der Waals surface area contributed by atoms with Gasteiger partial charge >= 0.3 is 0 Å². The van der Waals surface area contributed by atoms with Crippen LogP contribution < -0.4 is 0 Å². The molecule has 0 atom stereocenters. The van der Waals surface area contributed by atoms with Gasteiger partial charge in [-0.1, -0.05) is 89.5 Å². The highest BCUT2D eigenvalue weighted by Crippen LogP contribution is 2.63. The van der Waals surface area contributed by atoms with Crippen molar-refractivity contribution in [3.05, 3.63) is 117 Å². The third-order valence-electron chi connectivity index (χ3n) is 6.93. The molecule has 1 spiro atoms. The molecule has 0 amide bonds. The van der Waals surface area contributed by atoms with Crippen LogP contribution in [0.25, 0.3) is 22.3 Å². The largest absolute Gasteiger partial charge is 0.0725 e. The Hall–Kier alpha value is -3.12. The lowest BCUT2D eigenvalue weighted by Crippen LogP contribution is -2.26. The Morgan fingerprint density at radius 3 is 1.72 bits per heavy atom. The van der Waals surface area contributed by atoms with Gasteiger partial charge in [-0.25, -0.2) is 0 Å². The summed E-state index contributed by atoms with van der Waals surface area (Å²) < 4.78 is 0. The smallest absolute Gasteiger partial charge is 0.0619 e. The summed E-state index contributed by atoms with van der Waals surface area (Å²) in [6.45, 7) is 8.93. The van der Waals surface area contributed by atoms with Crippen LogP contribution in [0.3, 0.4) is 0 Å². The summed E-state index contributed by atoms with van der Waals surface area (Å²) in [7, 11) is 0. The Morgan fingerprint density at radius 1 is 0.483 bits per heavy atom. The van der Waals surface area contributed by atoms with Crippen LogP contribution >= 0.6 is 0 Å². The van der Waals surface area contributed by atoms with Crippen molar-refractivity contribution in [3.8, 4) is 22.3 Å². The lowest BCUT2D eigenvalue weighted by atomic mass is 9.70. The molecule has 0 aliphatic heterocycles. The molecule has 6 rings (SSSR count). The van der Waals surface area contributed by atoms with Gasteiger partial charge in [0.1, 0.15) is 0 Å². The maximum absolute atomic E-state index is 2.44. The second-order valence-corrected chi connectivity index (χ2v) is 8.90. The summed E-state index contributed by atoms with van der Waals surface area (Å²) in [5.41, 5.74) is 16.5. The first-order valence-corrected chi connectivity index (χ1v) is 10.5. The predicted molar refractivity (Wildman–Crippen MR) is 122 cm³/mol. The van der Waals surface area contributed by atoms with Crippen LogP contribution in [0.4, 0.5) is 0 Å². The summed E-state index contributed by atoms with van der Waals surface area (Å²) in [6, 6.07) is 27.8. The van der Waals surface area contributed by atoms with E-state index in [1.807, 2.05) is 0 Å². The van der Waals surface area contributed by atoms with E-state index in [1.165, 1.54) is 66.8 Å². The quantitative estimate of drug-likeness (QED) is 0.263. The van der Waals surface area contributed by atoms with Crippen LogP contribution in [-0.4, -0.2) is 0 Å². The van der Waals surface area contributed by atoms with Gasteiger partial charge in [-0.05, 0) is 77.8 Å². The van der Waals surface area contributed by atoms with E-state index in [4.69, 9.17) is 0 Å². The third kappa shape index (κ3) is 1.94. The van der Waals surface area contributed by atoms with Crippen molar-refractivity contribution in [1.29, 1.82) is 0 Å². The van der Waals surface area contributed by atoms with Crippen molar-refractivity contribution in [1.82, 2.24) is 0 Å². The van der Waals surface area contributed by atoms with Crippen LogP contribution in [0.1, 0.15) is 44.5 Å². The number of hydrogen-bond acceptors (Lipinski definition) is 0. The van der Waals surface area contributed by atoms with Gasteiger partial charge in [-0.3, -0.25) is 0 Å². The van der Waals surface area contributed by atoms with Crippen LogP contribution in [-0.2, 0) is 5.41 Å². The summed E-state index contributed by atoms with van der Waals surface area (Å²) in [6.07, 6.45) is 0. The predicted octanol–water partition coefficient (Wildman–Crippen LogP) is 7.26. The molecule has 0 radical (unpaired) electrons. The highest BCUT2D eigenvalue weighted by atomic mass is 14.5. The topological polar surface area (TPSA) is 0 Å². The second-order valence-electron chi connectivity index (χ2n) is 8.90. The molecule has 2 aliphatic rings. The molecular weight excluding hydrogens is 348 g/mol. The molecule has 0 heteroatoms. The van der Waals surface area contributed by atoms with E-state index in [0.717, 1.165) is 0 Å². The number of rotatable bonds is 0. The molecule has 2 aliphatic carbocycles. The van der Waals surface area contributed by atoms with Crippen LogP contribution in [0.5, 0.6) is 0 Å². The van der Waals surface area contributed by atoms with Gasteiger partial charge in [-0.2, -0.15) is 0 Å².